The molecule has 128 valence electrons. The number of rotatable bonds is 6. The number of hydrazine groups is 1. The van der Waals surface area contributed by atoms with Gasteiger partial charge in [-0.2, -0.15) is 0 Å². The standard InChI is InChI=1S/C19H24FN3O/c1-13-2-7-17(24-13)18-14(11-22-23-18)10-21-12-19(8-9-19)15-3-5-16(20)6-4-15/h2-7,14,18,21-23H,8-12H2,1H3. The average Bonchev–Trinajstić information content (AvgIpc) is 3.00. The van der Waals surface area contributed by atoms with Crippen LogP contribution in [0.1, 0.15) is 36.0 Å². The second kappa shape index (κ2) is 6.31. The smallest absolute Gasteiger partial charge is 0.123 e. The highest BCUT2D eigenvalue weighted by Crippen LogP contribution is 2.47. The number of hydrogen-bond acceptors (Lipinski definition) is 4. The maximum Gasteiger partial charge on any atom is 0.123 e. The van der Waals surface area contributed by atoms with Gasteiger partial charge in [-0.3, -0.25) is 5.43 Å². The quantitative estimate of drug-likeness (QED) is 0.763. The van der Waals surface area contributed by atoms with Crippen LogP contribution in [-0.2, 0) is 5.41 Å². The van der Waals surface area contributed by atoms with Gasteiger partial charge in [0.2, 0.25) is 0 Å². The molecule has 2 aliphatic rings. The Labute approximate surface area is 141 Å². The summed E-state index contributed by atoms with van der Waals surface area (Å²) in [5.41, 5.74) is 8.00. The van der Waals surface area contributed by atoms with E-state index in [-0.39, 0.29) is 17.3 Å². The van der Waals surface area contributed by atoms with Gasteiger partial charge in [0.15, 0.2) is 0 Å². The van der Waals surface area contributed by atoms with Crippen molar-refractivity contribution >= 4 is 0 Å². The minimum Gasteiger partial charge on any atom is -0.465 e. The molecule has 24 heavy (non-hydrogen) atoms. The van der Waals surface area contributed by atoms with Gasteiger partial charge in [-0.05, 0) is 49.6 Å². The number of halogens is 1. The second-order valence-corrected chi connectivity index (χ2v) is 7.13. The maximum atomic E-state index is 13.1. The molecular formula is C19H24FN3O. The van der Waals surface area contributed by atoms with Crippen LogP contribution in [0.25, 0.3) is 0 Å². The normalized spacial score (nSPS) is 25.1. The van der Waals surface area contributed by atoms with E-state index in [9.17, 15) is 4.39 Å². The van der Waals surface area contributed by atoms with Gasteiger partial charge in [0.05, 0.1) is 6.04 Å². The lowest BCUT2D eigenvalue weighted by molar-refractivity contribution is 0.357. The van der Waals surface area contributed by atoms with Crippen molar-refractivity contribution in [2.24, 2.45) is 5.92 Å². The summed E-state index contributed by atoms with van der Waals surface area (Å²) < 4.78 is 18.9. The molecule has 3 N–H and O–H groups in total. The first-order valence-electron chi connectivity index (χ1n) is 8.68. The molecule has 1 aliphatic heterocycles. The zero-order valence-corrected chi connectivity index (χ0v) is 13.9. The molecule has 0 amide bonds. The van der Waals surface area contributed by atoms with Crippen LogP contribution in [0.5, 0.6) is 0 Å². The summed E-state index contributed by atoms with van der Waals surface area (Å²) in [6.07, 6.45) is 2.35. The highest BCUT2D eigenvalue weighted by molar-refractivity contribution is 5.32. The third kappa shape index (κ3) is 3.11. The molecule has 2 aromatic rings. The van der Waals surface area contributed by atoms with Crippen LogP contribution >= 0.6 is 0 Å². The van der Waals surface area contributed by atoms with E-state index in [0.717, 1.165) is 31.2 Å². The molecule has 1 aromatic heterocycles. The van der Waals surface area contributed by atoms with E-state index >= 15 is 0 Å². The van der Waals surface area contributed by atoms with Crippen LogP contribution in [0.2, 0.25) is 0 Å². The number of nitrogens with one attached hydrogen (secondary N) is 3. The van der Waals surface area contributed by atoms with E-state index in [0.29, 0.717) is 5.92 Å². The van der Waals surface area contributed by atoms with Gasteiger partial charge < -0.3 is 9.73 Å². The Kier molecular flexibility index (Phi) is 4.16. The molecule has 1 saturated carbocycles. The lowest BCUT2D eigenvalue weighted by Crippen LogP contribution is -2.33. The van der Waals surface area contributed by atoms with E-state index in [1.165, 1.54) is 18.4 Å². The van der Waals surface area contributed by atoms with Gasteiger partial charge in [0.1, 0.15) is 17.3 Å². The molecule has 2 atom stereocenters. The summed E-state index contributed by atoms with van der Waals surface area (Å²) in [6, 6.07) is 11.2. The third-order valence-electron chi connectivity index (χ3n) is 5.34. The molecule has 5 heteroatoms. The predicted molar refractivity (Wildman–Crippen MR) is 91.0 cm³/mol. The van der Waals surface area contributed by atoms with Crippen molar-refractivity contribution in [3.63, 3.8) is 0 Å². The topological polar surface area (TPSA) is 49.2 Å². The fourth-order valence-electron chi connectivity index (χ4n) is 3.67. The van der Waals surface area contributed by atoms with Crippen LogP contribution in [0.3, 0.4) is 0 Å². The Morgan fingerprint density at radius 3 is 2.67 bits per heavy atom. The molecular weight excluding hydrogens is 305 g/mol. The summed E-state index contributed by atoms with van der Waals surface area (Å²) in [4.78, 5) is 0. The number of aryl methyl sites for hydroxylation is 1. The Morgan fingerprint density at radius 1 is 1.21 bits per heavy atom. The largest absolute Gasteiger partial charge is 0.465 e. The van der Waals surface area contributed by atoms with Crippen molar-refractivity contribution < 1.29 is 8.81 Å². The number of benzene rings is 1. The van der Waals surface area contributed by atoms with E-state index in [2.05, 4.69) is 16.2 Å². The van der Waals surface area contributed by atoms with E-state index in [4.69, 9.17) is 4.42 Å². The van der Waals surface area contributed by atoms with Crippen molar-refractivity contribution in [1.29, 1.82) is 0 Å². The summed E-state index contributed by atoms with van der Waals surface area (Å²) in [7, 11) is 0. The van der Waals surface area contributed by atoms with Gasteiger partial charge in [-0.1, -0.05) is 12.1 Å². The van der Waals surface area contributed by atoms with E-state index in [1.807, 2.05) is 31.2 Å². The summed E-state index contributed by atoms with van der Waals surface area (Å²) in [5.74, 6) is 2.21. The first-order valence-corrected chi connectivity index (χ1v) is 8.68. The Hall–Kier alpha value is -1.69. The van der Waals surface area contributed by atoms with Crippen LogP contribution in [0, 0.1) is 18.7 Å². The van der Waals surface area contributed by atoms with Crippen molar-refractivity contribution in [3.05, 3.63) is 59.3 Å². The fraction of sp³-hybridized carbons (Fsp3) is 0.474. The third-order valence-corrected chi connectivity index (χ3v) is 5.34. The lowest BCUT2D eigenvalue weighted by atomic mass is 9.95. The van der Waals surface area contributed by atoms with Gasteiger partial charge in [-0.25, -0.2) is 9.82 Å². The number of furan rings is 1. The van der Waals surface area contributed by atoms with E-state index < -0.39 is 0 Å². The highest BCUT2D eigenvalue weighted by Gasteiger charge is 2.44. The molecule has 4 rings (SSSR count). The molecule has 2 unspecified atom stereocenters. The molecule has 0 bridgehead atoms. The van der Waals surface area contributed by atoms with E-state index in [1.54, 1.807) is 12.1 Å². The molecule has 0 radical (unpaired) electrons. The average molecular weight is 329 g/mol. The zero-order chi connectivity index (χ0) is 16.6. The van der Waals surface area contributed by atoms with Crippen molar-refractivity contribution in [1.82, 2.24) is 16.2 Å². The Morgan fingerprint density at radius 2 is 2.00 bits per heavy atom. The molecule has 1 aliphatic carbocycles. The van der Waals surface area contributed by atoms with Crippen LogP contribution < -0.4 is 16.2 Å². The van der Waals surface area contributed by atoms with Crippen LogP contribution in [-0.4, -0.2) is 19.6 Å². The molecule has 2 heterocycles. The summed E-state index contributed by atoms with van der Waals surface area (Å²) in [6.45, 7) is 4.76. The summed E-state index contributed by atoms with van der Waals surface area (Å²) >= 11 is 0. The monoisotopic (exact) mass is 329 g/mol. The van der Waals surface area contributed by atoms with Gasteiger partial charge in [-0.15, -0.1) is 0 Å². The minimum absolute atomic E-state index is 0.165. The van der Waals surface area contributed by atoms with Gasteiger partial charge >= 0.3 is 0 Å². The molecule has 1 saturated heterocycles. The van der Waals surface area contributed by atoms with Crippen LogP contribution in [0.15, 0.2) is 40.8 Å². The Balaban J connectivity index is 1.34. The maximum absolute atomic E-state index is 13.1. The fourth-order valence-corrected chi connectivity index (χ4v) is 3.67. The van der Waals surface area contributed by atoms with Gasteiger partial charge in [0.25, 0.3) is 0 Å². The van der Waals surface area contributed by atoms with Crippen molar-refractivity contribution in [2.45, 2.75) is 31.2 Å². The van der Waals surface area contributed by atoms with Crippen LogP contribution in [0.4, 0.5) is 4.39 Å². The first-order chi connectivity index (χ1) is 11.7. The van der Waals surface area contributed by atoms with Crippen molar-refractivity contribution in [2.75, 3.05) is 19.6 Å². The summed E-state index contributed by atoms with van der Waals surface area (Å²) in [5, 5.41) is 3.63. The molecule has 1 aromatic carbocycles. The lowest BCUT2D eigenvalue weighted by Gasteiger charge is -2.21. The highest BCUT2D eigenvalue weighted by atomic mass is 19.1. The molecule has 0 spiro atoms. The zero-order valence-electron chi connectivity index (χ0n) is 13.9. The van der Waals surface area contributed by atoms with Crippen molar-refractivity contribution in [3.8, 4) is 0 Å². The van der Waals surface area contributed by atoms with Gasteiger partial charge in [0, 0.05) is 31.0 Å². The minimum atomic E-state index is -0.165. The first kappa shape index (κ1) is 15.8. The predicted octanol–water partition coefficient (Wildman–Crippen LogP) is 2.81. The second-order valence-electron chi connectivity index (χ2n) is 7.13. The SMILES string of the molecule is Cc1ccc(C2NNCC2CNCC2(c3ccc(F)cc3)CC2)o1. The molecule has 4 nitrogen and oxygen atoms in total. The Bertz CT molecular complexity index is 693. The molecule has 2 fully saturated rings. The number of hydrogen-bond donors (Lipinski definition) is 3.